The van der Waals surface area contributed by atoms with Crippen molar-refractivity contribution in [1.29, 1.82) is 0 Å². The number of aromatic nitrogens is 1. The molecular formula is C12H15N3O3. The molecule has 6 heteroatoms. The van der Waals surface area contributed by atoms with Crippen molar-refractivity contribution in [3.05, 3.63) is 23.9 Å². The lowest BCUT2D eigenvalue weighted by atomic mass is 10.3. The van der Waals surface area contributed by atoms with Crippen molar-refractivity contribution >= 4 is 17.6 Å². The van der Waals surface area contributed by atoms with E-state index in [1.807, 2.05) is 19.1 Å². The van der Waals surface area contributed by atoms with E-state index in [1.54, 1.807) is 6.07 Å². The molecule has 0 radical (unpaired) electrons. The number of morpholine rings is 1. The van der Waals surface area contributed by atoms with E-state index >= 15 is 0 Å². The molecule has 1 aliphatic heterocycles. The summed E-state index contributed by atoms with van der Waals surface area (Å²) in [4.78, 5) is 28.6. The molecule has 1 aromatic heterocycles. The quantitative estimate of drug-likeness (QED) is 0.782. The molecule has 0 unspecified atom stereocenters. The Morgan fingerprint density at radius 3 is 2.72 bits per heavy atom. The first-order chi connectivity index (χ1) is 8.70. The van der Waals surface area contributed by atoms with Crippen molar-refractivity contribution < 1.29 is 14.3 Å². The summed E-state index contributed by atoms with van der Waals surface area (Å²) in [5, 5.41) is 3.08. The maximum Gasteiger partial charge on any atom is 0.255 e. The Hall–Kier alpha value is -1.95. The summed E-state index contributed by atoms with van der Waals surface area (Å²) in [7, 11) is 0. The first-order valence-electron chi connectivity index (χ1n) is 5.81. The number of anilines is 1. The zero-order valence-electron chi connectivity index (χ0n) is 10.2. The number of nitrogens with one attached hydrogen (secondary N) is 1. The number of imide groups is 1. The summed E-state index contributed by atoms with van der Waals surface area (Å²) in [5.74, 6) is 0.104. The Balaban J connectivity index is 2.10. The van der Waals surface area contributed by atoms with E-state index in [4.69, 9.17) is 4.74 Å². The van der Waals surface area contributed by atoms with Crippen LogP contribution in [0.15, 0.2) is 18.2 Å². The Labute approximate surface area is 105 Å². The van der Waals surface area contributed by atoms with Crippen LogP contribution in [0.4, 0.5) is 5.82 Å². The molecule has 0 aromatic carbocycles. The SMILES string of the molecule is CCNc1cccc(CN2C(=O)COCC2=O)n1. The van der Waals surface area contributed by atoms with E-state index in [0.29, 0.717) is 5.69 Å². The third-order valence-electron chi connectivity index (χ3n) is 2.54. The number of hydrogen-bond acceptors (Lipinski definition) is 5. The highest BCUT2D eigenvalue weighted by Crippen LogP contribution is 2.10. The fraction of sp³-hybridized carbons (Fsp3) is 0.417. The lowest BCUT2D eigenvalue weighted by Crippen LogP contribution is -2.45. The molecule has 2 amide bonds. The van der Waals surface area contributed by atoms with Crippen LogP contribution in [-0.2, 0) is 20.9 Å². The fourth-order valence-corrected chi connectivity index (χ4v) is 1.71. The molecule has 96 valence electrons. The van der Waals surface area contributed by atoms with Crippen LogP contribution in [0.1, 0.15) is 12.6 Å². The monoisotopic (exact) mass is 249 g/mol. The molecule has 0 atom stereocenters. The van der Waals surface area contributed by atoms with Gasteiger partial charge in [-0.05, 0) is 19.1 Å². The molecule has 1 fully saturated rings. The molecule has 0 saturated carbocycles. The predicted octanol–water partition coefficient (Wildman–Crippen LogP) is 0.399. The molecule has 0 bridgehead atoms. The topological polar surface area (TPSA) is 71.5 Å². The normalized spacial score (nSPS) is 15.9. The summed E-state index contributed by atoms with van der Waals surface area (Å²) in [5.41, 5.74) is 0.678. The molecule has 2 rings (SSSR count). The minimum absolute atomic E-state index is 0.0430. The van der Waals surface area contributed by atoms with Crippen LogP contribution in [0, 0.1) is 0 Å². The van der Waals surface area contributed by atoms with Gasteiger partial charge in [-0.2, -0.15) is 0 Å². The third-order valence-corrected chi connectivity index (χ3v) is 2.54. The van der Waals surface area contributed by atoms with Crippen LogP contribution in [0.5, 0.6) is 0 Å². The van der Waals surface area contributed by atoms with Gasteiger partial charge in [0.2, 0.25) is 0 Å². The van der Waals surface area contributed by atoms with Crippen LogP contribution in [-0.4, -0.2) is 41.5 Å². The van der Waals surface area contributed by atoms with Gasteiger partial charge in [0.25, 0.3) is 11.8 Å². The Morgan fingerprint density at radius 2 is 2.06 bits per heavy atom. The number of amides is 2. The number of rotatable bonds is 4. The molecule has 0 aliphatic carbocycles. The average Bonchev–Trinajstić information content (AvgIpc) is 2.35. The van der Waals surface area contributed by atoms with Crippen LogP contribution >= 0.6 is 0 Å². The van der Waals surface area contributed by atoms with E-state index in [2.05, 4.69) is 10.3 Å². The van der Waals surface area contributed by atoms with Crippen LogP contribution in [0.3, 0.4) is 0 Å². The van der Waals surface area contributed by atoms with Crippen LogP contribution < -0.4 is 5.32 Å². The van der Waals surface area contributed by atoms with Gasteiger partial charge in [-0.1, -0.05) is 6.07 Å². The molecule has 1 aromatic rings. The Morgan fingerprint density at radius 1 is 1.33 bits per heavy atom. The van der Waals surface area contributed by atoms with Crippen LogP contribution in [0.25, 0.3) is 0 Å². The second-order valence-corrected chi connectivity index (χ2v) is 3.91. The van der Waals surface area contributed by atoms with Crippen molar-refractivity contribution in [3.63, 3.8) is 0 Å². The van der Waals surface area contributed by atoms with E-state index in [1.165, 1.54) is 4.90 Å². The number of carbonyl (C=O) groups excluding carboxylic acids is 2. The van der Waals surface area contributed by atoms with Crippen molar-refractivity contribution in [3.8, 4) is 0 Å². The molecular weight excluding hydrogens is 234 g/mol. The van der Waals surface area contributed by atoms with Crippen molar-refractivity contribution in [2.24, 2.45) is 0 Å². The standard InChI is InChI=1S/C12H15N3O3/c1-2-13-10-5-3-4-9(14-10)6-15-11(16)7-18-8-12(15)17/h3-5H,2,6-8H2,1H3,(H,13,14). The van der Waals surface area contributed by atoms with E-state index < -0.39 is 0 Å². The number of hydrogen-bond donors (Lipinski definition) is 1. The summed E-state index contributed by atoms with van der Waals surface area (Å²) in [6, 6.07) is 5.47. The van der Waals surface area contributed by atoms with Crippen molar-refractivity contribution in [1.82, 2.24) is 9.88 Å². The number of ether oxygens (including phenoxy) is 1. The first-order valence-corrected chi connectivity index (χ1v) is 5.81. The average molecular weight is 249 g/mol. The van der Waals surface area contributed by atoms with E-state index in [0.717, 1.165) is 12.4 Å². The van der Waals surface area contributed by atoms with Gasteiger partial charge in [0.1, 0.15) is 19.0 Å². The summed E-state index contributed by atoms with van der Waals surface area (Å²) < 4.78 is 4.85. The Kier molecular flexibility index (Phi) is 3.88. The van der Waals surface area contributed by atoms with E-state index in [9.17, 15) is 9.59 Å². The van der Waals surface area contributed by atoms with Crippen LogP contribution in [0.2, 0.25) is 0 Å². The smallest absolute Gasteiger partial charge is 0.255 e. The second-order valence-electron chi connectivity index (χ2n) is 3.91. The van der Waals surface area contributed by atoms with Gasteiger partial charge in [-0.3, -0.25) is 14.5 Å². The third kappa shape index (κ3) is 2.84. The molecule has 1 saturated heterocycles. The van der Waals surface area contributed by atoms with Gasteiger partial charge >= 0.3 is 0 Å². The molecule has 18 heavy (non-hydrogen) atoms. The lowest BCUT2D eigenvalue weighted by molar-refractivity contribution is -0.159. The zero-order chi connectivity index (χ0) is 13.0. The fourth-order valence-electron chi connectivity index (χ4n) is 1.71. The minimum Gasteiger partial charge on any atom is -0.370 e. The molecule has 1 N–H and O–H groups in total. The molecule has 2 heterocycles. The number of carbonyl (C=O) groups is 2. The maximum absolute atomic E-state index is 11.6. The summed E-state index contributed by atoms with van der Waals surface area (Å²) >= 11 is 0. The molecule has 1 aliphatic rings. The zero-order valence-corrected chi connectivity index (χ0v) is 10.2. The molecule has 6 nitrogen and oxygen atoms in total. The largest absolute Gasteiger partial charge is 0.370 e. The van der Waals surface area contributed by atoms with Gasteiger partial charge in [0, 0.05) is 6.54 Å². The van der Waals surface area contributed by atoms with Gasteiger partial charge in [-0.25, -0.2) is 4.98 Å². The summed E-state index contributed by atoms with van der Waals surface area (Å²) in [6.45, 7) is 2.85. The summed E-state index contributed by atoms with van der Waals surface area (Å²) in [6.07, 6.45) is 0. The van der Waals surface area contributed by atoms with Gasteiger partial charge in [0.15, 0.2) is 0 Å². The predicted molar refractivity (Wildman–Crippen MR) is 64.8 cm³/mol. The maximum atomic E-state index is 11.6. The Bertz CT molecular complexity index is 446. The minimum atomic E-state index is -0.318. The number of pyridine rings is 1. The lowest BCUT2D eigenvalue weighted by Gasteiger charge is -2.24. The van der Waals surface area contributed by atoms with Crippen molar-refractivity contribution in [2.75, 3.05) is 25.1 Å². The second kappa shape index (κ2) is 5.59. The van der Waals surface area contributed by atoms with Crippen molar-refractivity contribution in [2.45, 2.75) is 13.5 Å². The van der Waals surface area contributed by atoms with Gasteiger partial charge in [-0.15, -0.1) is 0 Å². The highest BCUT2D eigenvalue weighted by molar-refractivity contribution is 5.98. The highest BCUT2D eigenvalue weighted by Gasteiger charge is 2.26. The van der Waals surface area contributed by atoms with Gasteiger partial charge < -0.3 is 10.1 Å². The number of nitrogens with zero attached hydrogens (tertiary/aromatic N) is 2. The molecule has 0 spiro atoms. The van der Waals surface area contributed by atoms with E-state index in [-0.39, 0.29) is 31.6 Å². The first kappa shape index (κ1) is 12.5. The highest BCUT2D eigenvalue weighted by atomic mass is 16.5. The van der Waals surface area contributed by atoms with Gasteiger partial charge in [0.05, 0.1) is 12.2 Å².